The number of hydrogen-bond donors (Lipinski definition) is 1. The first kappa shape index (κ1) is 24.4. The van der Waals surface area contributed by atoms with E-state index in [4.69, 9.17) is 14.2 Å². The van der Waals surface area contributed by atoms with Gasteiger partial charge in [0.05, 0.1) is 11.7 Å². The van der Waals surface area contributed by atoms with Gasteiger partial charge in [-0.15, -0.1) is 0 Å². The molecule has 176 valence electrons. The number of aryl methyl sites for hydroxylation is 1. The molecule has 0 saturated carbocycles. The maximum atomic E-state index is 13.0. The summed E-state index contributed by atoms with van der Waals surface area (Å²) in [5.74, 6) is -1.66. The highest BCUT2D eigenvalue weighted by molar-refractivity contribution is 5.95. The van der Waals surface area contributed by atoms with Crippen molar-refractivity contribution < 1.29 is 37.6 Å². The summed E-state index contributed by atoms with van der Waals surface area (Å²) in [7, 11) is 0. The van der Waals surface area contributed by atoms with Gasteiger partial charge in [-0.2, -0.15) is 8.78 Å². The van der Waals surface area contributed by atoms with Crippen LogP contribution in [0.5, 0.6) is 5.75 Å². The lowest BCUT2D eigenvalue weighted by Gasteiger charge is -2.22. The standard InChI is InChI=1S/C24H30F2O6/c1-13-9-10-18(27)21-19(31-24(4,5)32-21)8-6-7-16-12-17(30-23(25)26)11-14(2)20(16)22(28)29-15(13)3/h6-7,9-13,15,18-19,21,23,27H,8H2,1-5H3/b7-6?,10-9-/t13-,15+,18?,19+,21-/m1/s1. The highest BCUT2D eigenvalue weighted by Gasteiger charge is 2.43. The summed E-state index contributed by atoms with van der Waals surface area (Å²) in [5.41, 5.74) is 1.14. The van der Waals surface area contributed by atoms with Crippen molar-refractivity contribution >= 4 is 12.0 Å². The van der Waals surface area contributed by atoms with Crippen LogP contribution in [0.1, 0.15) is 55.6 Å². The van der Waals surface area contributed by atoms with Crippen LogP contribution >= 0.6 is 0 Å². The van der Waals surface area contributed by atoms with Crippen molar-refractivity contribution in [1.82, 2.24) is 0 Å². The molecule has 2 aliphatic heterocycles. The van der Waals surface area contributed by atoms with Crippen molar-refractivity contribution in [3.8, 4) is 5.75 Å². The number of carbonyl (C=O) groups is 1. The van der Waals surface area contributed by atoms with Crippen LogP contribution in [0, 0.1) is 12.8 Å². The number of aliphatic hydroxyl groups is 1. The first-order valence-electron chi connectivity index (χ1n) is 10.7. The van der Waals surface area contributed by atoms with E-state index >= 15 is 0 Å². The number of alkyl halides is 2. The number of hydrogen-bond acceptors (Lipinski definition) is 6. The van der Waals surface area contributed by atoms with Crippen LogP contribution < -0.4 is 4.74 Å². The average molecular weight is 452 g/mol. The molecule has 0 amide bonds. The summed E-state index contributed by atoms with van der Waals surface area (Å²) in [6, 6.07) is 2.77. The summed E-state index contributed by atoms with van der Waals surface area (Å²) in [4.78, 5) is 13.0. The molecule has 0 spiro atoms. The van der Waals surface area contributed by atoms with Crippen LogP contribution in [0.2, 0.25) is 0 Å². The molecule has 8 heteroatoms. The number of halogens is 2. The van der Waals surface area contributed by atoms with Gasteiger partial charge in [0.25, 0.3) is 0 Å². The summed E-state index contributed by atoms with van der Waals surface area (Å²) in [6.07, 6.45) is 4.77. The summed E-state index contributed by atoms with van der Waals surface area (Å²) in [5, 5.41) is 10.7. The minimum Gasteiger partial charge on any atom is -0.458 e. The Morgan fingerprint density at radius 3 is 2.59 bits per heavy atom. The fourth-order valence-corrected chi connectivity index (χ4v) is 3.92. The molecule has 2 heterocycles. The normalized spacial score (nSPS) is 31.4. The van der Waals surface area contributed by atoms with Crippen molar-refractivity contribution in [3.63, 3.8) is 0 Å². The fraction of sp³-hybridized carbons (Fsp3) is 0.542. The quantitative estimate of drug-likeness (QED) is 0.521. The van der Waals surface area contributed by atoms with Crippen LogP contribution in [0.4, 0.5) is 8.78 Å². The Morgan fingerprint density at radius 2 is 1.91 bits per heavy atom. The van der Waals surface area contributed by atoms with Gasteiger partial charge in [0.2, 0.25) is 0 Å². The first-order valence-corrected chi connectivity index (χ1v) is 10.7. The largest absolute Gasteiger partial charge is 0.458 e. The first-order chi connectivity index (χ1) is 15.0. The lowest BCUT2D eigenvalue weighted by molar-refractivity contribution is -0.152. The van der Waals surface area contributed by atoms with E-state index in [1.165, 1.54) is 12.1 Å². The van der Waals surface area contributed by atoms with Crippen molar-refractivity contribution in [1.29, 1.82) is 0 Å². The molecule has 1 aromatic rings. The number of carbonyl (C=O) groups excluding carboxylic acids is 1. The Morgan fingerprint density at radius 1 is 1.19 bits per heavy atom. The third-order valence-electron chi connectivity index (χ3n) is 5.64. The lowest BCUT2D eigenvalue weighted by atomic mass is 9.97. The Hall–Kier alpha value is -2.29. The summed E-state index contributed by atoms with van der Waals surface area (Å²) < 4.78 is 47.6. The number of ether oxygens (including phenoxy) is 4. The Bertz CT molecular complexity index is 895. The monoisotopic (exact) mass is 452 g/mol. The van der Waals surface area contributed by atoms with Crippen LogP contribution in [0.3, 0.4) is 0 Å². The second kappa shape index (κ2) is 9.68. The highest BCUT2D eigenvalue weighted by Crippen LogP contribution is 2.33. The molecule has 6 nitrogen and oxygen atoms in total. The number of benzene rings is 1. The Kier molecular flexibility index (Phi) is 7.37. The molecular formula is C24H30F2O6. The molecule has 0 aromatic heterocycles. The van der Waals surface area contributed by atoms with Crippen LogP contribution in [-0.4, -0.2) is 47.9 Å². The van der Waals surface area contributed by atoms with Gasteiger partial charge < -0.3 is 24.1 Å². The Balaban J connectivity index is 2.03. The maximum Gasteiger partial charge on any atom is 0.387 e. The van der Waals surface area contributed by atoms with Gasteiger partial charge in [-0.3, -0.25) is 0 Å². The predicted octanol–water partition coefficient (Wildman–Crippen LogP) is 4.63. The van der Waals surface area contributed by atoms with Crippen molar-refractivity contribution in [2.75, 3.05) is 0 Å². The molecule has 0 bridgehead atoms. The van der Waals surface area contributed by atoms with E-state index in [0.29, 0.717) is 17.5 Å². The zero-order chi connectivity index (χ0) is 23.6. The molecule has 1 unspecified atom stereocenters. The van der Waals surface area contributed by atoms with E-state index in [-0.39, 0.29) is 17.2 Å². The number of cyclic esters (lactones) is 1. The molecule has 32 heavy (non-hydrogen) atoms. The van der Waals surface area contributed by atoms with Gasteiger partial charge in [0.1, 0.15) is 24.1 Å². The smallest absolute Gasteiger partial charge is 0.387 e. The van der Waals surface area contributed by atoms with E-state index in [1.807, 2.05) is 6.92 Å². The number of aliphatic hydroxyl groups excluding tert-OH is 1. The molecule has 1 aromatic carbocycles. The molecule has 2 aliphatic rings. The molecular weight excluding hydrogens is 422 g/mol. The molecule has 3 rings (SSSR count). The highest BCUT2D eigenvalue weighted by atomic mass is 19.3. The topological polar surface area (TPSA) is 74.2 Å². The molecule has 5 atom stereocenters. The van der Waals surface area contributed by atoms with Crippen LogP contribution in [-0.2, 0) is 14.2 Å². The number of esters is 1. The average Bonchev–Trinajstić information content (AvgIpc) is 2.98. The lowest BCUT2D eigenvalue weighted by Crippen LogP contribution is -2.34. The Labute approximate surface area is 186 Å². The fourth-order valence-electron chi connectivity index (χ4n) is 3.92. The van der Waals surface area contributed by atoms with Gasteiger partial charge >= 0.3 is 12.6 Å². The summed E-state index contributed by atoms with van der Waals surface area (Å²) >= 11 is 0. The van der Waals surface area contributed by atoms with E-state index in [0.717, 1.165) is 0 Å². The second-order valence-electron chi connectivity index (χ2n) is 8.70. The van der Waals surface area contributed by atoms with Crippen LogP contribution in [0.15, 0.2) is 30.4 Å². The molecule has 1 N–H and O–H groups in total. The molecule has 1 fully saturated rings. The van der Waals surface area contributed by atoms with Crippen molar-refractivity contribution in [2.24, 2.45) is 5.92 Å². The zero-order valence-corrected chi connectivity index (χ0v) is 18.9. The van der Waals surface area contributed by atoms with E-state index in [2.05, 4.69) is 4.74 Å². The number of fused-ring (bicyclic) bond motifs is 2. The van der Waals surface area contributed by atoms with Gasteiger partial charge in [-0.25, -0.2) is 4.79 Å². The van der Waals surface area contributed by atoms with Crippen LogP contribution in [0.25, 0.3) is 6.08 Å². The predicted molar refractivity (Wildman–Crippen MR) is 114 cm³/mol. The second-order valence-corrected chi connectivity index (χ2v) is 8.70. The third kappa shape index (κ3) is 5.74. The minimum absolute atomic E-state index is 0.0472. The summed E-state index contributed by atoms with van der Waals surface area (Å²) in [6.45, 7) is 5.84. The molecule has 0 aliphatic carbocycles. The van der Waals surface area contributed by atoms with Gasteiger partial charge in [0, 0.05) is 5.92 Å². The number of rotatable bonds is 2. The maximum absolute atomic E-state index is 13.0. The third-order valence-corrected chi connectivity index (χ3v) is 5.64. The van der Waals surface area contributed by atoms with E-state index < -0.39 is 42.8 Å². The molecule has 1 saturated heterocycles. The van der Waals surface area contributed by atoms with E-state index in [9.17, 15) is 18.7 Å². The van der Waals surface area contributed by atoms with E-state index in [1.54, 1.807) is 52.0 Å². The van der Waals surface area contributed by atoms with Crippen molar-refractivity contribution in [2.45, 2.75) is 77.9 Å². The van der Waals surface area contributed by atoms with Gasteiger partial charge in [-0.1, -0.05) is 31.2 Å². The SMILES string of the molecule is Cc1cc(OC(F)F)cc2c1C(=O)O[C@@H](C)[C@H](C)/C=C\C(O)[C@H]1OC(C)(C)O[C@H]1CC=C2. The zero-order valence-electron chi connectivity index (χ0n) is 18.9. The van der Waals surface area contributed by atoms with Gasteiger partial charge in [-0.05, 0) is 57.4 Å². The minimum atomic E-state index is -2.98. The van der Waals surface area contributed by atoms with Crippen molar-refractivity contribution in [3.05, 3.63) is 47.1 Å². The van der Waals surface area contributed by atoms with Gasteiger partial charge in [0.15, 0.2) is 5.79 Å². The molecule has 0 radical (unpaired) electrons.